The van der Waals surface area contributed by atoms with Crippen LogP contribution in [-0.4, -0.2) is 47.4 Å². The molecular weight excluding hydrogens is 1070 g/mol. The fourth-order valence-electron chi connectivity index (χ4n) is 12.9. The number of ether oxygens (including phenoxy) is 1. The number of unbranched alkanes of at least 4 members (excludes halogenated alkanes) is 63. The Morgan fingerprint density at radius 1 is 0.310 bits per heavy atom. The summed E-state index contributed by atoms with van der Waals surface area (Å²) in [6.07, 6.45) is 98.8. The molecule has 0 aliphatic rings. The molecule has 516 valence electrons. The number of nitrogens with one attached hydrogen (secondary N) is 1. The van der Waals surface area contributed by atoms with Crippen molar-refractivity contribution in [2.45, 2.75) is 469 Å². The number of hydrogen-bond donors (Lipinski definition) is 3. The third-order valence-corrected chi connectivity index (χ3v) is 19.0. The number of allylic oxidation sites excluding steroid dienone is 3. The molecule has 0 saturated carbocycles. The number of aliphatic hydroxyl groups is 2. The summed E-state index contributed by atoms with van der Waals surface area (Å²) < 4.78 is 5.50. The van der Waals surface area contributed by atoms with Crippen LogP contribution >= 0.6 is 0 Å². The van der Waals surface area contributed by atoms with E-state index in [-0.39, 0.29) is 18.5 Å². The summed E-state index contributed by atoms with van der Waals surface area (Å²) >= 11 is 0. The fourth-order valence-corrected chi connectivity index (χ4v) is 12.9. The molecular formula is C81H157NO5. The molecule has 0 bridgehead atoms. The lowest BCUT2D eigenvalue weighted by Gasteiger charge is -2.20. The molecule has 0 aliphatic heterocycles. The van der Waals surface area contributed by atoms with E-state index in [0.717, 1.165) is 38.5 Å². The maximum Gasteiger partial charge on any atom is 0.305 e. The van der Waals surface area contributed by atoms with E-state index >= 15 is 0 Å². The lowest BCUT2D eigenvalue weighted by atomic mass is 10.0. The maximum atomic E-state index is 12.6. The van der Waals surface area contributed by atoms with Gasteiger partial charge in [0.2, 0.25) is 5.91 Å². The van der Waals surface area contributed by atoms with E-state index in [1.807, 2.05) is 6.08 Å². The summed E-state index contributed by atoms with van der Waals surface area (Å²) in [6, 6.07) is -0.627. The zero-order valence-corrected chi connectivity index (χ0v) is 59.3. The molecule has 6 nitrogen and oxygen atoms in total. The Kier molecular flexibility index (Phi) is 75.3. The molecule has 0 aliphatic carbocycles. The normalized spacial score (nSPS) is 12.6. The number of carbonyl (C=O) groups excluding carboxylic acids is 2. The molecule has 0 aromatic carbocycles. The van der Waals surface area contributed by atoms with Crippen LogP contribution in [0.5, 0.6) is 0 Å². The van der Waals surface area contributed by atoms with Gasteiger partial charge >= 0.3 is 5.97 Å². The Morgan fingerprint density at radius 3 is 0.816 bits per heavy atom. The molecule has 0 saturated heterocycles. The first kappa shape index (κ1) is 85.3. The predicted octanol–water partition coefficient (Wildman–Crippen LogP) is 26.4. The third kappa shape index (κ3) is 73.3. The second kappa shape index (κ2) is 76.8. The number of carbonyl (C=O) groups is 2. The summed E-state index contributed by atoms with van der Waals surface area (Å²) in [7, 11) is 0. The van der Waals surface area contributed by atoms with Crippen LogP contribution in [0.25, 0.3) is 0 Å². The van der Waals surface area contributed by atoms with Crippen molar-refractivity contribution in [2.75, 3.05) is 13.2 Å². The van der Waals surface area contributed by atoms with E-state index in [0.29, 0.717) is 19.4 Å². The molecule has 0 aromatic heterocycles. The quantitative estimate of drug-likeness (QED) is 0.0320. The van der Waals surface area contributed by atoms with Crippen LogP contribution in [0.3, 0.4) is 0 Å². The lowest BCUT2D eigenvalue weighted by Crippen LogP contribution is -2.45. The molecule has 0 rings (SSSR count). The number of hydrogen-bond acceptors (Lipinski definition) is 5. The highest BCUT2D eigenvalue weighted by Gasteiger charge is 2.18. The van der Waals surface area contributed by atoms with Gasteiger partial charge in [-0.25, -0.2) is 0 Å². The Morgan fingerprint density at radius 2 is 0.540 bits per heavy atom. The molecule has 2 unspecified atom stereocenters. The van der Waals surface area contributed by atoms with Crippen LogP contribution in [0, 0.1) is 0 Å². The Hall–Kier alpha value is -1.66. The minimum atomic E-state index is -0.844. The minimum Gasteiger partial charge on any atom is -0.466 e. The molecule has 0 heterocycles. The smallest absolute Gasteiger partial charge is 0.305 e. The first-order chi connectivity index (χ1) is 43.0. The van der Waals surface area contributed by atoms with Crippen molar-refractivity contribution in [3.63, 3.8) is 0 Å². The van der Waals surface area contributed by atoms with Gasteiger partial charge in [-0.3, -0.25) is 9.59 Å². The molecule has 1 amide bonds. The van der Waals surface area contributed by atoms with Gasteiger partial charge in [0, 0.05) is 12.8 Å². The molecule has 2 atom stereocenters. The minimum absolute atomic E-state index is 0.0212. The maximum absolute atomic E-state index is 12.6. The second-order valence-electron chi connectivity index (χ2n) is 27.8. The molecule has 87 heavy (non-hydrogen) atoms. The zero-order chi connectivity index (χ0) is 62.8. The summed E-state index contributed by atoms with van der Waals surface area (Å²) in [6.45, 7) is 4.96. The van der Waals surface area contributed by atoms with Crippen LogP contribution < -0.4 is 5.32 Å². The van der Waals surface area contributed by atoms with Crippen molar-refractivity contribution < 1.29 is 24.5 Å². The standard InChI is InChI=1S/C81H157NO5/c1-3-5-7-9-11-13-15-17-19-20-21-22-23-34-37-40-43-46-49-53-57-61-65-69-73-79(84)78(77-83)82-80(85)74-70-66-62-58-54-50-47-44-41-38-35-32-30-28-26-24-25-27-29-31-33-36-39-42-45-48-52-56-60-64-68-72-76-87-81(86)75-71-67-63-59-55-51-18-16-14-12-10-8-6-4-2/h27,29,69,73,78-79,83-84H,3-26,28,30-68,70-72,74-77H2,1-2H3,(H,82,85)/b29-27-,73-69+. The van der Waals surface area contributed by atoms with Gasteiger partial charge in [-0.1, -0.05) is 411 Å². The fraction of sp³-hybridized carbons (Fsp3) is 0.926. The van der Waals surface area contributed by atoms with Crippen LogP contribution in [0.1, 0.15) is 457 Å². The van der Waals surface area contributed by atoms with Gasteiger partial charge in [0.15, 0.2) is 0 Å². The largest absolute Gasteiger partial charge is 0.466 e. The predicted molar refractivity (Wildman–Crippen MR) is 384 cm³/mol. The molecule has 0 radical (unpaired) electrons. The second-order valence-corrected chi connectivity index (χ2v) is 27.8. The van der Waals surface area contributed by atoms with Crippen molar-refractivity contribution in [1.29, 1.82) is 0 Å². The van der Waals surface area contributed by atoms with E-state index in [1.54, 1.807) is 6.08 Å². The Balaban J connectivity index is 3.37. The van der Waals surface area contributed by atoms with Crippen molar-refractivity contribution in [1.82, 2.24) is 5.32 Å². The first-order valence-electron chi connectivity index (χ1n) is 40.1. The monoisotopic (exact) mass is 1220 g/mol. The summed E-state index contributed by atoms with van der Waals surface area (Å²) in [4.78, 5) is 24.6. The van der Waals surface area contributed by atoms with E-state index in [2.05, 4.69) is 31.3 Å². The van der Waals surface area contributed by atoms with Crippen LogP contribution in [0.2, 0.25) is 0 Å². The number of amides is 1. The van der Waals surface area contributed by atoms with Gasteiger partial charge in [-0.15, -0.1) is 0 Å². The lowest BCUT2D eigenvalue weighted by molar-refractivity contribution is -0.143. The van der Waals surface area contributed by atoms with Gasteiger partial charge in [-0.2, -0.15) is 0 Å². The van der Waals surface area contributed by atoms with Crippen molar-refractivity contribution in [3.05, 3.63) is 24.3 Å². The highest BCUT2D eigenvalue weighted by Crippen LogP contribution is 2.20. The summed E-state index contributed by atoms with van der Waals surface area (Å²) in [5.41, 5.74) is 0. The van der Waals surface area contributed by atoms with Crippen molar-refractivity contribution in [2.24, 2.45) is 0 Å². The number of rotatable bonds is 76. The number of esters is 1. The molecule has 0 aromatic rings. The van der Waals surface area contributed by atoms with E-state index in [1.165, 1.54) is 392 Å². The van der Waals surface area contributed by atoms with Crippen LogP contribution in [0.4, 0.5) is 0 Å². The zero-order valence-electron chi connectivity index (χ0n) is 59.3. The van der Waals surface area contributed by atoms with Crippen LogP contribution in [0.15, 0.2) is 24.3 Å². The van der Waals surface area contributed by atoms with Crippen LogP contribution in [-0.2, 0) is 14.3 Å². The van der Waals surface area contributed by atoms with Gasteiger partial charge in [-0.05, 0) is 57.8 Å². The van der Waals surface area contributed by atoms with E-state index in [9.17, 15) is 19.8 Å². The molecule has 0 fully saturated rings. The Labute approximate surface area is 545 Å². The average Bonchev–Trinajstić information content (AvgIpc) is 3.53. The highest BCUT2D eigenvalue weighted by molar-refractivity contribution is 5.76. The topological polar surface area (TPSA) is 95.9 Å². The van der Waals surface area contributed by atoms with Crippen molar-refractivity contribution >= 4 is 11.9 Å². The summed E-state index contributed by atoms with van der Waals surface area (Å²) in [5, 5.41) is 23.3. The third-order valence-electron chi connectivity index (χ3n) is 19.0. The highest BCUT2D eigenvalue weighted by atomic mass is 16.5. The van der Waals surface area contributed by atoms with Gasteiger partial charge in [0.1, 0.15) is 0 Å². The average molecular weight is 1230 g/mol. The van der Waals surface area contributed by atoms with E-state index < -0.39 is 12.1 Å². The van der Waals surface area contributed by atoms with Crippen molar-refractivity contribution in [3.8, 4) is 0 Å². The van der Waals surface area contributed by atoms with E-state index in [4.69, 9.17) is 4.74 Å². The van der Waals surface area contributed by atoms with Gasteiger partial charge in [0.05, 0.1) is 25.4 Å². The van der Waals surface area contributed by atoms with Gasteiger partial charge < -0.3 is 20.3 Å². The Bertz CT molecular complexity index is 1360. The SMILES string of the molecule is CCCCCCCCCCCCCCCCCCCCCCCC/C=C/C(O)C(CO)NC(=O)CCCCCCCCCCCCCCCCCC/C=C\CCCCCCCCCCCCCCOC(=O)CCCCCCCCCCCCCCCC. The van der Waals surface area contributed by atoms with Gasteiger partial charge in [0.25, 0.3) is 0 Å². The molecule has 3 N–H and O–H groups in total. The molecule has 0 spiro atoms. The molecule has 6 heteroatoms. The first-order valence-corrected chi connectivity index (χ1v) is 40.1. The summed E-state index contributed by atoms with van der Waals surface area (Å²) in [5.74, 6) is -0.0387. The number of aliphatic hydroxyl groups excluding tert-OH is 2.